The van der Waals surface area contributed by atoms with Crippen molar-refractivity contribution in [2.24, 2.45) is 0 Å². The molecule has 0 radical (unpaired) electrons. The van der Waals surface area contributed by atoms with Crippen LogP contribution in [-0.2, 0) is 13.9 Å². The predicted octanol–water partition coefficient (Wildman–Crippen LogP) is 5.06. The van der Waals surface area contributed by atoms with Gasteiger partial charge in [-0.05, 0) is 42.7 Å². The van der Waals surface area contributed by atoms with Crippen molar-refractivity contribution in [3.05, 3.63) is 59.9 Å². The van der Waals surface area contributed by atoms with E-state index in [4.69, 9.17) is 4.74 Å². The van der Waals surface area contributed by atoms with E-state index in [2.05, 4.69) is 15.9 Å². The van der Waals surface area contributed by atoms with Crippen LogP contribution in [0, 0.1) is 5.82 Å². The molecule has 0 aromatic heterocycles. The van der Waals surface area contributed by atoms with Crippen LogP contribution in [0.4, 0.5) is 4.39 Å². The van der Waals surface area contributed by atoms with Crippen molar-refractivity contribution in [3.8, 4) is 11.1 Å². The first-order chi connectivity index (χ1) is 10.4. The summed E-state index contributed by atoms with van der Waals surface area (Å²) in [5.41, 5.74) is 2.95. The summed E-state index contributed by atoms with van der Waals surface area (Å²) in [7, 11) is 0. The van der Waals surface area contributed by atoms with Gasteiger partial charge in [0.25, 0.3) is 0 Å². The van der Waals surface area contributed by atoms with Gasteiger partial charge >= 0.3 is 5.97 Å². The minimum atomic E-state index is -0.472. The van der Waals surface area contributed by atoms with Gasteiger partial charge < -0.3 is 4.74 Å². The zero-order valence-electron chi connectivity index (χ0n) is 12.6. The van der Waals surface area contributed by atoms with E-state index >= 15 is 0 Å². The number of halogens is 2. The zero-order valence-corrected chi connectivity index (χ0v) is 14.2. The molecule has 0 aliphatic rings. The molecule has 0 N–H and O–H groups in total. The Kier molecular flexibility index (Phi) is 5.35. The van der Waals surface area contributed by atoms with Gasteiger partial charge in [-0.3, -0.25) is 4.79 Å². The van der Waals surface area contributed by atoms with Gasteiger partial charge in [0.2, 0.25) is 0 Å². The third-order valence-corrected chi connectivity index (χ3v) is 4.18. The van der Waals surface area contributed by atoms with E-state index < -0.39 is 4.32 Å². The van der Waals surface area contributed by atoms with Crippen molar-refractivity contribution in [2.75, 3.05) is 6.61 Å². The summed E-state index contributed by atoms with van der Waals surface area (Å²) < 4.78 is 17.5. The number of esters is 1. The van der Waals surface area contributed by atoms with Gasteiger partial charge in [0.1, 0.15) is 5.82 Å². The van der Waals surface area contributed by atoms with Gasteiger partial charge in [0.05, 0.1) is 17.4 Å². The van der Waals surface area contributed by atoms with Crippen LogP contribution in [-0.4, -0.2) is 12.6 Å². The molecule has 0 aliphatic heterocycles. The Balaban J connectivity index is 2.17. The van der Waals surface area contributed by atoms with Crippen molar-refractivity contribution in [2.45, 2.75) is 24.6 Å². The van der Waals surface area contributed by atoms with Crippen molar-refractivity contribution < 1.29 is 13.9 Å². The fraction of sp³-hybridized carbons (Fsp3) is 0.278. The van der Waals surface area contributed by atoms with E-state index in [1.165, 1.54) is 12.1 Å². The van der Waals surface area contributed by atoms with E-state index in [0.29, 0.717) is 6.61 Å². The minimum absolute atomic E-state index is 0.232. The average molecular weight is 365 g/mol. The Morgan fingerprint density at radius 3 is 2.09 bits per heavy atom. The van der Waals surface area contributed by atoms with Crippen LogP contribution in [0.1, 0.15) is 25.8 Å². The number of alkyl halides is 1. The van der Waals surface area contributed by atoms with Crippen LogP contribution in [0.2, 0.25) is 0 Å². The molecular weight excluding hydrogens is 347 g/mol. The molecule has 2 aromatic carbocycles. The Hall–Kier alpha value is -1.68. The van der Waals surface area contributed by atoms with E-state index in [9.17, 15) is 9.18 Å². The molecular formula is C18H18BrFO2. The Morgan fingerprint density at radius 1 is 1.09 bits per heavy atom. The summed E-state index contributed by atoms with van der Waals surface area (Å²) in [6.45, 7) is 4.11. The van der Waals surface area contributed by atoms with Crippen LogP contribution in [0.15, 0.2) is 48.5 Å². The highest BCUT2D eigenvalue weighted by Gasteiger charge is 2.27. The molecule has 0 saturated carbocycles. The van der Waals surface area contributed by atoms with Gasteiger partial charge in [0, 0.05) is 0 Å². The number of hydrogen-bond acceptors (Lipinski definition) is 2. The van der Waals surface area contributed by atoms with E-state index in [1.54, 1.807) is 19.1 Å². The minimum Gasteiger partial charge on any atom is -0.466 e. The molecule has 1 unspecified atom stereocenters. The molecule has 0 aliphatic carbocycles. The van der Waals surface area contributed by atoms with Crippen molar-refractivity contribution >= 4 is 21.9 Å². The number of carbonyl (C=O) groups excluding carboxylic acids is 1. The fourth-order valence-electron chi connectivity index (χ4n) is 2.24. The largest absolute Gasteiger partial charge is 0.466 e. The predicted molar refractivity (Wildman–Crippen MR) is 89.4 cm³/mol. The van der Waals surface area contributed by atoms with Gasteiger partial charge in [-0.2, -0.15) is 0 Å². The SMILES string of the molecule is CCOC(=O)CC(C)(Br)c1ccc(-c2ccc(F)cc2)cc1. The Morgan fingerprint density at radius 2 is 1.59 bits per heavy atom. The van der Waals surface area contributed by atoms with Crippen LogP contribution < -0.4 is 0 Å². The molecule has 2 nitrogen and oxygen atoms in total. The normalized spacial score (nSPS) is 13.5. The summed E-state index contributed by atoms with van der Waals surface area (Å²) in [4.78, 5) is 11.7. The third kappa shape index (κ3) is 4.17. The number of benzene rings is 2. The molecule has 4 heteroatoms. The van der Waals surface area contributed by atoms with E-state index in [1.807, 2.05) is 31.2 Å². The van der Waals surface area contributed by atoms with E-state index in [-0.39, 0.29) is 18.2 Å². The van der Waals surface area contributed by atoms with Crippen LogP contribution in [0.5, 0.6) is 0 Å². The number of rotatable bonds is 5. The maximum atomic E-state index is 13.0. The highest BCUT2D eigenvalue weighted by Crippen LogP contribution is 2.35. The number of ether oxygens (including phenoxy) is 1. The second-order valence-corrected chi connectivity index (χ2v) is 7.01. The van der Waals surface area contributed by atoms with E-state index in [0.717, 1.165) is 16.7 Å². The summed E-state index contributed by atoms with van der Waals surface area (Å²) in [6.07, 6.45) is 0.261. The summed E-state index contributed by atoms with van der Waals surface area (Å²) in [6, 6.07) is 14.2. The number of hydrogen-bond donors (Lipinski definition) is 0. The molecule has 0 saturated heterocycles. The first-order valence-electron chi connectivity index (χ1n) is 7.13. The van der Waals surface area contributed by atoms with Gasteiger partial charge in [-0.1, -0.05) is 52.3 Å². The molecule has 0 fully saturated rings. The summed E-state index contributed by atoms with van der Waals surface area (Å²) in [5, 5.41) is 0. The van der Waals surface area contributed by atoms with Crippen molar-refractivity contribution in [1.82, 2.24) is 0 Å². The molecule has 22 heavy (non-hydrogen) atoms. The lowest BCUT2D eigenvalue weighted by Gasteiger charge is -2.22. The van der Waals surface area contributed by atoms with Gasteiger partial charge in [0.15, 0.2) is 0 Å². The first kappa shape index (κ1) is 16.7. The molecule has 2 aromatic rings. The molecule has 0 bridgehead atoms. The Labute approximate surface area is 138 Å². The molecule has 0 spiro atoms. The molecule has 116 valence electrons. The van der Waals surface area contributed by atoms with Gasteiger partial charge in [-0.15, -0.1) is 0 Å². The maximum absolute atomic E-state index is 13.0. The molecule has 2 rings (SSSR count). The lowest BCUT2D eigenvalue weighted by atomic mass is 9.95. The smallest absolute Gasteiger partial charge is 0.307 e. The topological polar surface area (TPSA) is 26.3 Å². The highest BCUT2D eigenvalue weighted by molar-refractivity contribution is 9.09. The van der Waals surface area contributed by atoms with Gasteiger partial charge in [-0.25, -0.2) is 4.39 Å². The second-order valence-electron chi connectivity index (χ2n) is 5.26. The maximum Gasteiger partial charge on any atom is 0.307 e. The average Bonchev–Trinajstić information content (AvgIpc) is 2.48. The summed E-state index contributed by atoms with van der Waals surface area (Å²) >= 11 is 3.60. The van der Waals surface area contributed by atoms with Crippen molar-refractivity contribution in [1.29, 1.82) is 0 Å². The standard InChI is InChI=1S/C18H18BrFO2/c1-3-22-17(21)12-18(2,19)15-8-4-13(5-9-15)14-6-10-16(20)11-7-14/h4-11H,3,12H2,1-2H3. The lowest BCUT2D eigenvalue weighted by Crippen LogP contribution is -2.20. The second kappa shape index (κ2) is 7.05. The monoisotopic (exact) mass is 364 g/mol. The lowest BCUT2D eigenvalue weighted by molar-refractivity contribution is -0.143. The van der Waals surface area contributed by atoms with Crippen molar-refractivity contribution in [3.63, 3.8) is 0 Å². The highest BCUT2D eigenvalue weighted by atomic mass is 79.9. The Bertz CT molecular complexity index is 633. The summed E-state index contributed by atoms with van der Waals surface area (Å²) in [5.74, 6) is -0.479. The first-order valence-corrected chi connectivity index (χ1v) is 7.92. The number of carbonyl (C=O) groups is 1. The van der Waals surface area contributed by atoms with Crippen LogP contribution in [0.3, 0.4) is 0 Å². The third-order valence-electron chi connectivity index (χ3n) is 3.45. The van der Waals surface area contributed by atoms with Crippen LogP contribution >= 0.6 is 15.9 Å². The molecule has 0 heterocycles. The van der Waals surface area contributed by atoms with Crippen LogP contribution in [0.25, 0.3) is 11.1 Å². The zero-order chi connectivity index (χ0) is 16.2. The quantitative estimate of drug-likeness (QED) is 0.547. The fourth-order valence-corrected chi connectivity index (χ4v) is 2.73. The molecule has 1 atom stereocenters. The molecule has 0 amide bonds.